The minimum atomic E-state index is 0.0191. The smallest absolute Gasteiger partial charge is 0.152 e. The highest BCUT2D eigenvalue weighted by Crippen LogP contribution is 2.07. The fraction of sp³-hybridized carbons (Fsp3) is 0.250. The van der Waals surface area contributed by atoms with Gasteiger partial charge >= 0.3 is 0 Å². The van der Waals surface area contributed by atoms with Gasteiger partial charge in [0.15, 0.2) is 5.78 Å². The maximum atomic E-state index is 10.5. The molecule has 0 saturated heterocycles. The summed E-state index contributed by atoms with van der Waals surface area (Å²) in [7, 11) is 0. The summed E-state index contributed by atoms with van der Waals surface area (Å²) in [6.45, 7) is 3.30. The van der Waals surface area contributed by atoms with E-state index >= 15 is 0 Å². The predicted octanol–water partition coefficient (Wildman–Crippen LogP) is 1.59. The zero-order valence-electron chi connectivity index (χ0n) is 6.50. The SMILES string of the molecule is CC(=O)/C=C/c1cnoc1C. The summed E-state index contributed by atoms with van der Waals surface area (Å²) in [4.78, 5) is 10.5. The van der Waals surface area contributed by atoms with Gasteiger partial charge in [-0.1, -0.05) is 5.16 Å². The molecule has 0 spiro atoms. The van der Waals surface area contributed by atoms with Crippen LogP contribution in [-0.2, 0) is 4.79 Å². The third kappa shape index (κ3) is 2.04. The van der Waals surface area contributed by atoms with Gasteiger partial charge in [0.1, 0.15) is 5.76 Å². The Hall–Kier alpha value is -1.38. The molecule has 1 heterocycles. The Morgan fingerprint density at radius 1 is 1.73 bits per heavy atom. The van der Waals surface area contributed by atoms with Crippen molar-refractivity contribution in [1.29, 1.82) is 0 Å². The summed E-state index contributed by atoms with van der Waals surface area (Å²) in [5, 5.41) is 3.56. The summed E-state index contributed by atoms with van der Waals surface area (Å²) in [6, 6.07) is 0. The van der Waals surface area contributed by atoms with Crippen LogP contribution in [0.15, 0.2) is 16.8 Å². The lowest BCUT2D eigenvalue weighted by Crippen LogP contribution is -1.79. The predicted molar refractivity (Wildman–Crippen MR) is 41.0 cm³/mol. The average Bonchev–Trinajstić information content (AvgIpc) is 2.31. The monoisotopic (exact) mass is 151 g/mol. The van der Waals surface area contributed by atoms with Crippen LogP contribution in [0.25, 0.3) is 6.08 Å². The summed E-state index contributed by atoms with van der Waals surface area (Å²) in [5.74, 6) is 0.744. The van der Waals surface area contributed by atoms with E-state index in [0.29, 0.717) is 0 Å². The van der Waals surface area contributed by atoms with Crippen LogP contribution in [0.4, 0.5) is 0 Å². The lowest BCUT2D eigenvalue weighted by Gasteiger charge is -1.82. The van der Waals surface area contributed by atoms with Gasteiger partial charge < -0.3 is 4.52 Å². The van der Waals surface area contributed by atoms with Gasteiger partial charge in [-0.2, -0.15) is 0 Å². The summed E-state index contributed by atoms with van der Waals surface area (Å²) in [6.07, 6.45) is 4.75. The molecule has 11 heavy (non-hydrogen) atoms. The number of nitrogens with zero attached hydrogens (tertiary/aromatic N) is 1. The van der Waals surface area contributed by atoms with Crippen LogP contribution in [0, 0.1) is 6.92 Å². The van der Waals surface area contributed by atoms with Gasteiger partial charge in [0, 0.05) is 5.56 Å². The molecule has 0 aliphatic heterocycles. The number of aromatic nitrogens is 1. The summed E-state index contributed by atoms with van der Waals surface area (Å²) >= 11 is 0. The molecular formula is C8H9NO2. The molecule has 3 nitrogen and oxygen atoms in total. The Morgan fingerprint density at radius 2 is 2.45 bits per heavy atom. The highest BCUT2D eigenvalue weighted by atomic mass is 16.5. The largest absolute Gasteiger partial charge is 0.361 e. The second-order valence-corrected chi connectivity index (χ2v) is 2.28. The van der Waals surface area contributed by atoms with Gasteiger partial charge in [-0.25, -0.2) is 0 Å². The maximum absolute atomic E-state index is 10.5. The van der Waals surface area contributed by atoms with Gasteiger partial charge in [0.25, 0.3) is 0 Å². The van der Waals surface area contributed by atoms with Crippen LogP contribution in [0.2, 0.25) is 0 Å². The van der Waals surface area contributed by atoms with Crippen molar-refractivity contribution in [3.8, 4) is 0 Å². The minimum absolute atomic E-state index is 0.0191. The first-order valence-corrected chi connectivity index (χ1v) is 3.30. The lowest BCUT2D eigenvalue weighted by molar-refractivity contribution is -0.112. The zero-order chi connectivity index (χ0) is 8.27. The van der Waals surface area contributed by atoms with Gasteiger partial charge in [0.2, 0.25) is 0 Å². The van der Waals surface area contributed by atoms with Crippen LogP contribution < -0.4 is 0 Å². The molecule has 1 aromatic rings. The number of carbonyl (C=O) groups is 1. The number of hydrogen-bond donors (Lipinski definition) is 0. The van der Waals surface area contributed by atoms with E-state index in [9.17, 15) is 4.79 Å². The van der Waals surface area contributed by atoms with E-state index in [0.717, 1.165) is 11.3 Å². The van der Waals surface area contributed by atoms with Crippen molar-refractivity contribution in [3.63, 3.8) is 0 Å². The topological polar surface area (TPSA) is 43.1 Å². The Balaban J connectivity index is 2.79. The first-order chi connectivity index (χ1) is 5.20. The molecule has 0 aromatic carbocycles. The summed E-state index contributed by atoms with van der Waals surface area (Å²) < 4.78 is 4.78. The van der Waals surface area contributed by atoms with Crippen LogP contribution in [0.5, 0.6) is 0 Å². The second-order valence-electron chi connectivity index (χ2n) is 2.28. The molecule has 0 unspecified atom stereocenters. The Bertz CT molecular complexity index is 286. The highest BCUT2D eigenvalue weighted by molar-refractivity contribution is 5.91. The van der Waals surface area contributed by atoms with Crippen molar-refractivity contribution >= 4 is 11.9 Å². The fourth-order valence-electron chi connectivity index (χ4n) is 0.673. The molecule has 1 rings (SSSR count). The molecule has 3 heteroatoms. The van der Waals surface area contributed by atoms with E-state index in [1.165, 1.54) is 13.0 Å². The van der Waals surface area contributed by atoms with E-state index < -0.39 is 0 Å². The van der Waals surface area contributed by atoms with Gasteiger partial charge in [-0.15, -0.1) is 0 Å². The molecule has 58 valence electrons. The number of carbonyl (C=O) groups excluding carboxylic acids is 1. The molecule has 0 aliphatic carbocycles. The quantitative estimate of drug-likeness (QED) is 0.603. The molecule has 0 fully saturated rings. The van der Waals surface area contributed by atoms with Crippen LogP contribution in [-0.4, -0.2) is 10.9 Å². The van der Waals surface area contributed by atoms with Crippen molar-refractivity contribution in [2.24, 2.45) is 0 Å². The zero-order valence-corrected chi connectivity index (χ0v) is 6.50. The first-order valence-electron chi connectivity index (χ1n) is 3.30. The minimum Gasteiger partial charge on any atom is -0.361 e. The van der Waals surface area contributed by atoms with E-state index in [1.807, 2.05) is 0 Å². The molecule has 0 saturated carbocycles. The Kier molecular flexibility index (Phi) is 2.21. The lowest BCUT2D eigenvalue weighted by atomic mass is 10.2. The van der Waals surface area contributed by atoms with Crippen molar-refractivity contribution in [2.45, 2.75) is 13.8 Å². The van der Waals surface area contributed by atoms with Crippen LogP contribution in [0.3, 0.4) is 0 Å². The average molecular weight is 151 g/mol. The Morgan fingerprint density at radius 3 is 2.91 bits per heavy atom. The van der Waals surface area contributed by atoms with Gasteiger partial charge in [-0.3, -0.25) is 4.79 Å². The third-order valence-electron chi connectivity index (χ3n) is 1.29. The molecule has 0 N–H and O–H groups in total. The molecular weight excluding hydrogens is 142 g/mol. The standard InChI is InChI=1S/C8H9NO2/c1-6(10)3-4-8-5-9-11-7(8)2/h3-5H,1-2H3/b4-3+. The van der Waals surface area contributed by atoms with E-state index in [1.54, 1.807) is 19.2 Å². The van der Waals surface area contributed by atoms with Gasteiger partial charge in [0.05, 0.1) is 6.20 Å². The van der Waals surface area contributed by atoms with Gasteiger partial charge in [-0.05, 0) is 26.0 Å². The second kappa shape index (κ2) is 3.14. The Labute approximate surface area is 64.7 Å². The highest BCUT2D eigenvalue weighted by Gasteiger charge is 1.96. The maximum Gasteiger partial charge on any atom is 0.152 e. The van der Waals surface area contributed by atoms with Crippen molar-refractivity contribution < 1.29 is 9.32 Å². The number of aryl methyl sites for hydroxylation is 1. The van der Waals surface area contributed by atoms with Crippen molar-refractivity contribution in [3.05, 3.63) is 23.6 Å². The first kappa shape index (κ1) is 7.72. The van der Waals surface area contributed by atoms with E-state index in [4.69, 9.17) is 4.52 Å². The number of rotatable bonds is 2. The molecule has 1 aromatic heterocycles. The molecule has 0 aliphatic rings. The van der Waals surface area contributed by atoms with Crippen molar-refractivity contribution in [1.82, 2.24) is 5.16 Å². The van der Waals surface area contributed by atoms with Crippen LogP contribution in [0.1, 0.15) is 18.2 Å². The van der Waals surface area contributed by atoms with E-state index in [2.05, 4.69) is 5.16 Å². The summed E-state index contributed by atoms with van der Waals surface area (Å²) in [5.41, 5.74) is 0.847. The van der Waals surface area contributed by atoms with Crippen LogP contribution >= 0.6 is 0 Å². The third-order valence-corrected chi connectivity index (χ3v) is 1.29. The number of allylic oxidation sites excluding steroid dienone is 1. The molecule has 0 radical (unpaired) electrons. The fourth-order valence-corrected chi connectivity index (χ4v) is 0.673. The van der Waals surface area contributed by atoms with E-state index in [-0.39, 0.29) is 5.78 Å². The van der Waals surface area contributed by atoms with Crippen molar-refractivity contribution in [2.75, 3.05) is 0 Å². The number of hydrogen-bond acceptors (Lipinski definition) is 3. The molecule has 0 bridgehead atoms. The molecule has 0 amide bonds. The number of ketones is 1. The normalized spacial score (nSPS) is 10.7. The molecule has 0 atom stereocenters.